The summed E-state index contributed by atoms with van der Waals surface area (Å²) >= 11 is 0. The molecule has 1 nitrogen and oxygen atoms in total. The fraction of sp³-hybridized carbons (Fsp3) is 0.667. The Hall–Kier alpha value is -1.11. The minimum atomic E-state index is 0.0673. The first-order chi connectivity index (χ1) is 10.3. The van der Waals surface area contributed by atoms with Crippen molar-refractivity contribution in [3.8, 4) is 0 Å². The lowest BCUT2D eigenvalue weighted by Gasteiger charge is -2.42. The van der Waals surface area contributed by atoms with Gasteiger partial charge < -0.3 is 4.79 Å². The van der Waals surface area contributed by atoms with E-state index in [1.165, 1.54) is 42.4 Å². The van der Waals surface area contributed by atoms with Gasteiger partial charge in [0.25, 0.3) is 0 Å². The third kappa shape index (κ3) is 3.45. The zero-order chi connectivity index (χ0) is 16.4. The second kappa shape index (κ2) is 6.56. The number of hydrogen-bond donors (Lipinski definition) is 0. The van der Waals surface area contributed by atoms with Crippen LogP contribution in [0.4, 0.5) is 0 Å². The number of carbonyl (C=O) groups excluding carboxylic acids is 1. The Morgan fingerprint density at radius 3 is 2.27 bits per heavy atom. The Kier molecular flexibility index (Phi) is 5.14. The maximum Gasteiger partial charge on any atom is 0.127 e. The molecule has 1 heteroatoms. The molecule has 0 saturated carbocycles. The first kappa shape index (κ1) is 17.2. The molecule has 0 radical (unpaired) electrons. The Labute approximate surface area is 136 Å². The molecule has 0 fully saturated rings. The Balaban J connectivity index is 2.34. The number of benzene rings is 1. The van der Waals surface area contributed by atoms with E-state index in [1.54, 1.807) is 0 Å². The molecule has 0 spiro atoms. The Morgan fingerprint density at radius 1 is 1.05 bits per heavy atom. The average Bonchev–Trinajstić information content (AvgIpc) is 2.48. The van der Waals surface area contributed by atoms with E-state index in [1.807, 2.05) is 0 Å². The molecular formula is C21H32O. The fourth-order valence-corrected chi connectivity index (χ4v) is 3.76. The van der Waals surface area contributed by atoms with Crippen molar-refractivity contribution < 1.29 is 4.79 Å². The molecule has 1 aromatic rings. The highest BCUT2D eigenvalue weighted by Gasteiger charge is 2.37. The fourth-order valence-electron chi connectivity index (χ4n) is 3.76. The summed E-state index contributed by atoms with van der Waals surface area (Å²) in [5.41, 5.74) is 4.63. The first-order valence-corrected chi connectivity index (χ1v) is 8.92. The lowest BCUT2D eigenvalue weighted by Crippen LogP contribution is -2.34. The SMILES string of the molecule is CCCCC[C@H](C=O)c1ccc2c(c1)C(C)(C)CCC2(C)C. The number of carbonyl (C=O) groups is 1. The smallest absolute Gasteiger partial charge is 0.127 e. The minimum Gasteiger partial charge on any atom is -0.303 e. The highest BCUT2D eigenvalue weighted by Crippen LogP contribution is 2.46. The molecule has 0 N–H and O–H groups in total. The Bertz CT molecular complexity index is 525. The predicted molar refractivity (Wildman–Crippen MR) is 94.7 cm³/mol. The largest absolute Gasteiger partial charge is 0.303 e. The zero-order valence-corrected chi connectivity index (χ0v) is 15.0. The van der Waals surface area contributed by atoms with Crippen LogP contribution in [0.2, 0.25) is 0 Å². The summed E-state index contributed by atoms with van der Waals surface area (Å²) in [6, 6.07) is 6.83. The second-order valence-electron chi connectivity index (χ2n) is 8.31. The first-order valence-electron chi connectivity index (χ1n) is 8.92. The number of fused-ring (bicyclic) bond motifs is 1. The molecule has 1 aromatic carbocycles. The summed E-state index contributed by atoms with van der Waals surface area (Å²) < 4.78 is 0. The van der Waals surface area contributed by atoms with Gasteiger partial charge in [0.2, 0.25) is 0 Å². The summed E-state index contributed by atoms with van der Waals surface area (Å²) in [5.74, 6) is 0.0673. The molecule has 1 atom stereocenters. The van der Waals surface area contributed by atoms with Gasteiger partial charge in [0.15, 0.2) is 0 Å². The summed E-state index contributed by atoms with van der Waals surface area (Å²) in [6.07, 6.45) is 8.16. The van der Waals surface area contributed by atoms with Crippen LogP contribution in [0, 0.1) is 0 Å². The van der Waals surface area contributed by atoms with E-state index in [4.69, 9.17) is 0 Å². The van der Waals surface area contributed by atoms with E-state index >= 15 is 0 Å². The third-order valence-electron chi connectivity index (χ3n) is 5.59. The average molecular weight is 300 g/mol. The highest BCUT2D eigenvalue weighted by atomic mass is 16.1. The van der Waals surface area contributed by atoms with Crippen molar-refractivity contribution in [1.29, 1.82) is 0 Å². The number of rotatable bonds is 6. The molecule has 0 saturated heterocycles. The third-order valence-corrected chi connectivity index (χ3v) is 5.59. The topological polar surface area (TPSA) is 17.1 Å². The van der Waals surface area contributed by atoms with E-state index in [0.29, 0.717) is 0 Å². The van der Waals surface area contributed by atoms with Gasteiger partial charge in [0, 0.05) is 5.92 Å². The van der Waals surface area contributed by atoms with Crippen LogP contribution in [0.1, 0.15) is 95.8 Å². The van der Waals surface area contributed by atoms with Crippen molar-refractivity contribution in [1.82, 2.24) is 0 Å². The van der Waals surface area contributed by atoms with E-state index in [2.05, 4.69) is 52.8 Å². The second-order valence-corrected chi connectivity index (χ2v) is 8.31. The molecule has 1 aliphatic carbocycles. The van der Waals surface area contributed by atoms with Crippen molar-refractivity contribution in [2.75, 3.05) is 0 Å². The van der Waals surface area contributed by atoms with Gasteiger partial charge in [-0.25, -0.2) is 0 Å². The van der Waals surface area contributed by atoms with Crippen LogP contribution in [-0.2, 0) is 15.6 Å². The molecule has 0 aromatic heterocycles. The van der Waals surface area contributed by atoms with Gasteiger partial charge in [-0.1, -0.05) is 72.1 Å². The van der Waals surface area contributed by atoms with E-state index in [0.717, 1.165) is 19.1 Å². The molecule has 0 amide bonds. The van der Waals surface area contributed by atoms with Gasteiger partial charge >= 0.3 is 0 Å². The highest BCUT2D eigenvalue weighted by molar-refractivity contribution is 5.63. The summed E-state index contributed by atoms with van der Waals surface area (Å²) in [4.78, 5) is 11.6. The molecule has 122 valence electrons. The molecule has 2 rings (SSSR count). The normalized spacial score (nSPS) is 20.2. The molecular weight excluding hydrogens is 268 g/mol. The van der Waals surface area contributed by atoms with Crippen molar-refractivity contribution >= 4 is 6.29 Å². The van der Waals surface area contributed by atoms with Crippen molar-refractivity contribution in [2.45, 2.75) is 89.9 Å². The predicted octanol–water partition coefficient (Wildman–Crippen LogP) is 5.90. The maximum atomic E-state index is 11.6. The lowest BCUT2D eigenvalue weighted by atomic mass is 9.62. The molecule has 0 heterocycles. The van der Waals surface area contributed by atoms with Crippen LogP contribution in [0.25, 0.3) is 0 Å². The van der Waals surface area contributed by atoms with Gasteiger partial charge in [0.1, 0.15) is 6.29 Å². The summed E-state index contributed by atoms with van der Waals surface area (Å²) in [7, 11) is 0. The number of aldehydes is 1. The lowest BCUT2D eigenvalue weighted by molar-refractivity contribution is -0.109. The molecule has 0 aliphatic heterocycles. The van der Waals surface area contributed by atoms with Crippen LogP contribution < -0.4 is 0 Å². The Morgan fingerprint density at radius 2 is 1.68 bits per heavy atom. The van der Waals surface area contributed by atoms with E-state index in [-0.39, 0.29) is 16.7 Å². The van der Waals surface area contributed by atoms with Crippen LogP contribution in [0.3, 0.4) is 0 Å². The van der Waals surface area contributed by atoms with Gasteiger partial charge in [-0.15, -0.1) is 0 Å². The minimum absolute atomic E-state index is 0.0673. The van der Waals surface area contributed by atoms with Gasteiger partial charge in [-0.05, 0) is 46.8 Å². The van der Waals surface area contributed by atoms with Gasteiger partial charge in [-0.3, -0.25) is 0 Å². The van der Waals surface area contributed by atoms with Gasteiger partial charge in [0.05, 0.1) is 0 Å². The van der Waals surface area contributed by atoms with Crippen LogP contribution in [-0.4, -0.2) is 6.29 Å². The quantitative estimate of drug-likeness (QED) is 0.472. The van der Waals surface area contributed by atoms with E-state index in [9.17, 15) is 4.79 Å². The molecule has 0 bridgehead atoms. The van der Waals surface area contributed by atoms with Crippen LogP contribution in [0.15, 0.2) is 18.2 Å². The van der Waals surface area contributed by atoms with Crippen LogP contribution >= 0.6 is 0 Å². The maximum absolute atomic E-state index is 11.6. The van der Waals surface area contributed by atoms with Crippen molar-refractivity contribution in [2.24, 2.45) is 0 Å². The molecule has 22 heavy (non-hydrogen) atoms. The molecule has 0 unspecified atom stereocenters. The molecule has 1 aliphatic rings. The zero-order valence-electron chi connectivity index (χ0n) is 15.0. The van der Waals surface area contributed by atoms with Gasteiger partial charge in [-0.2, -0.15) is 0 Å². The van der Waals surface area contributed by atoms with E-state index < -0.39 is 0 Å². The summed E-state index contributed by atoms with van der Waals surface area (Å²) in [6.45, 7) is 11.6. The van der Waals surface area contributed by atoms with Crippen molar-refractivity contribution in [3.63, 3.8) is 0 Å². The van der Waals surface area contributed by atoms with Crippen LogP contribution in [0.5, 0.6) is 0 Å². The standard InChI is InChI=1S/C21H32O/c1-6-7-8-9-17(15-22)16-10-11-18-19(14-16)21(4,5)13-12-20(18,2)3/h10-11,14-15,17H,6-9,12-13H2,1-5H3/t17-/m1/s1. The monoisotopic (exact) mass is 300 g/mol. The number of hydrogen-bond acceptors (Lipinski definition) is 1. The summed E-state index contributed by atoms with van der Waals surface area (Å²) in [5, 5.41) is 0. The van der Waals surface area contributed by atoms with Crippen molar-refractivity contribution in [3.05, 3.63) is 34.9 Å². The number of unbranched alkanes of at least 4 members (excludes halogenated alkanes) is 2.